The summed E-state index contributed by atoms with van der Waals surface area (Å²) in [5.41, 5.74) is 3.87. The number of benzene rings is 2. The van der Waals surface area contributed by atoms with Gasteiger partial charge in [-0.3, -0.25) is 4.90 Å². The van der Waals surface area contributed by atoms with Gasteiger partial charge in [-0.05, 0) is 63.1 Å². The molecule has 0 spiro atoms. The molecular weight excluding hydrogens is 381 g/mol. The van der Waals surface area contributed by atoms with Gasteiger partial charge in [0.25, 0.3) is 0 Å². The fourth-order valence-corrected chi connectivity index (χ4v) is 4.23. The normalized spacial score (nSPS) is 19.8. The van der Waals surface area contributed by atoms with E-state index in [1.54, 1.807) is 6.07 Å². The third-order valence-corrected chi connectivity index (χ3v) is 5.73. The Hall–Kier alpha value is -2.70. The maximum Gasteiger partial charge on any atom is 0.165 e. The molecule has 158 valence electrons. The molecule has 3 aromatic rings. The van der Waals surface area contributed by atoms with Gasteiger partial charge >= 0.3 is 0 Å². The summed E-state index contributed by atoms with van der Waals surface area (Å²) in [6.45, 7) is 6.10. The molecule has 0 radical (unpaired) electrons. The predicted octanol–water partition coefficient (Wildman–Crippen LogP) is 4.34. The van der Waals surface area contributed by atoms with Gasteiger partial charge in [-0.15, -0.1) is 0 Å². The lowest BCUT2D eigenvalue weighted by Crippen LogP contribution is -2.45. The maximum absolute atomic E-state index is 14.4. The summed E-state index contributed by atoms with van der Waals surface area (Å²) in [5, 5.41) is 15.3. The largest absolute Gasteiger partial charge is 0.494 e. The molecule has 2 heterocycles. The SMILES string of the molecule is COc1ccc(-c2nn(-c3ccccc3C)cc2CN2CCC[C@@](C)(O)C2)cc1F. The van der Waals surface area contributed by atoms with Gasteiger partial charge < -0.3 is 9.84 Å². The van der Waals surface area contributed by atoms with Crippen LogP contribution in [0.1, 0.15) is 30.9 Å². The minimum absolute atomic E-state index is 0.214. The van der Waals surface area contributed by atoms with E-state index in [9.17, 15) is 9.50 Å². The number of likely N-dealkylation sites (tertiary alicyclic amines) is 1. The Labute approximate surface area is 176 Å². The van der Waals surface area contributed by atoms with Crippen molar-refractivity contribution in [2.24, 2.45) is 0 Å². The van der Waals surface area contributed by atoms with Crippen molar-refractivity contribution < 1.29 is 14.2 Å². The number of rotatable bonds is 5. The number of methoxy groups -OCH3 is 1. The van der Waals surface area contributed by atoms with Crippen LogP contribution in [0.25, 0.3) is 16.9 Å². The van der Waals surface area contributed by atoms with Crippen molar-refractivity contribution in [1.82, 2.24) is 14.7 Å². The number of aliphatic hydroxyl groups is 1. The van der Waals surface area contributed by atoms with Gasteiger partial charge in [0.05, 0.1) is 24.1 Å². The lowest BCUT2D eigenvalue weighted by molar-refractivity contribution is -0.0181. The molecule has 0 saturated carbocycles. The predicted molar refractivity (Wildman–Crippen MR) is 115 cm³/mol. The zero-order chi connectivity index (χ0) is 21.3. The quantitative estimate of drug-likeness (QED) is 0.681. The third-order valence-electron chi connectivity index (χ3n) is 5.73. The van der Waals surface area contributed by atoms with Crippen LogP contribution in [0.4, 0.5) is 4.39 Å². The zero-order valence-electron chi connectivity index (χ0n) is 17.7. The molecule has 2 aromatic carbocycles. The summed E-state index contributed by atoms with van der Waals surface area (Å²) < 4.78 is 21.3. The summed E-state index contributed by atoms with van der Waals surface area (Å²) in [5.74, 6) is -0.196. The molecular formula is C24H28FN3O2. The minimum Gasteiger partial charge on any atom is -0.494 e. The summed E-state index contributed by atoms with van der Waals surface area (Å²) in [6.07, 6.45) is 3.77. The highest BCUT2D eigenvalue weighted by molar-refractivity contribution is 5.64. The van der Waals surface area contributed by atoms with Crippen molar-refractivity contribution in [2.75, 3.05) is 20.2 Å². The molecule has 4 rings (SSSR count). The molecule has 0 aliphatic carbocycles. The van der Waals surface area contributed by atoms with Crippen LogP contribution in [-0.2, 0) is 6.54 Å². The van der Waals surface area contributed by atoms with Gasteiger partial charge in [-0.25, -0.2) is 9.07 Å². The van der Waals surface area contributed by atoms with Crippen LogP contribution in [0.2, 0.25) is 0 Å². The highest BCUT2D eigenvalue weighted by atomic mass is 19.1. The van der Waals surface area contributed by atoms with E-state index in [1.165, 1.54) is 13.2 Å². The lowest BCUT2D eigenvalue weighted by atomic mass is 9.94. The van der Waals surface area contributed by atoms with Crippen molar-refractivity contribution in [3.63, 3.8) is 0 Å². The molecule has 5 nitrogen and oxygen atoms in total. The van der Waals surface area contributed by atoms with Crippen LogP contribution in [-0.4, -0.2) is 45.6 Å². The second-order valence-corrected chi connectivity index (χ2v) is 8.39. The Bertz CT molecular complexity index is 1040. The second-order valence-electron chi connectivity index (χ2n) is 8.39. The van der Waals surface area contributed by atoms with Crippen LogP contribution in [0.5, 0.6) is 5.75 Å². The molecule has 30 heavy (non-hydrogen) atoms. The van der Waals surface area contributed by atoms with E-state index in [-0.39, 0.29) is 5.75 Å². The second kappa shape index (κ2) is 8.20. The van der Waals surface area contributed by atoms with E-state index < -0.39 is 11.4 Å². The summed E-state index contributed by atoms with van der Waals surface area (Å²) >= 11 is 0. The Morgan fingerprint density at radius 2 is 2.03 bits per heavy atom. The van der Waals surface area contributed by atoms with E-state index in [1.807, 2.05) is 55.1 Å². The van der Waals surface area contributed by atoms with Crippen molar-refractivity contribution in [1.29, 1.82) is 0 Å². The average molecular weight is 410 g/mol. The first-order chi connectivity index (χ1) is 14.4. The number of halogens is 1. The van der Waals surface area contributed by atoms with Crippen LogP contribution >= 0.6 is 0 Å². The van der Waals surface area contributed by atoms with Gasteiger partial charge in [0.2, 0.25) is 0 Å². The number of ether oxygens (including phenoxy) is 1. The molecule has 1 saturated heterocycles. The molecule has 1 N–H and O–H groups in total. The first-order valence-corrected chi connectivity index (χ1v) is 10.3. The first kappa shape index (κ1) is 20.6. The van der Waals surface area contributed by atoms with Gasteiger partial charge in [0.15, 0.2) is 11.6 Å². The highest BCUT2D eigenvalue weighted by Crippen LogP contribution is 2.30. The Balaban J connectivity index is 1.75. The van der Waals surface area contributed by atoms with Crippen molar-refractivity contribution in [3.8, 4) is 22.7 Å². The number of hydrogen-bond donors (Lipinski definition) is 1. The molecule has 1 aromatic heterocycles. The summed E-state index contributed by atoms with van der Waals surface area (Å²) in [4.78, 5) is 2.24. The fourth-order valence-electron chi connectivity index (χ4n) is 4.23. The van der Waals surface area contributed by atoms with Crippen LogP contribution in [0, 0.1) is 12.7 Å². The number of hydrogen-bond acceptors (Lipinski definition) is 4. The lowest BCUT2D eigenvalue weighted by Gasteiger charge is -2.36. The van der Waals surface area contributed by atoms with Gasteiger partial charge in [-0.2, -0.15) is 5.10 Å². The van der Waals surface area contributed by atoms with Gasteiger partial charge in [0.1, 0.15) is 0 Å². The summed E-state index contributed by atoms with van der Waals surface area (Å²) in [7, 11) is 1.46. The van der Waals surface area contributed by atoms with Crippen LogP contribution in [0.3, 0.4) is 0 Å². The number of aromatic nitrogens is 2. The molecule has 0 unspecified atom stereocenters. The van der Waals surface area contributed by atoms with Crippen LogP contribution in [0.15, 0.2) is 48.7 Å². The zero-order valence-corrected chi connectivity index (χ0v) is 17.7. The molecule has 0 amide bonds. The fraction of sp³-hybridized carbons (Fsp3) is 0.375. The van der Waals surface area contributed by atoms with Crippen molar-refractivity contribution in [3.05, 3.63) is 65.6 Å². The third kappa shape index (κ3) is 4.25. The molecule has 0 bridgehead atoms. The molecule has 1 aliphatic heterocycles. The standard InChI is InChI=1S/C24H28FN3O2/c1-17-7-4-5-8-21(17)28-15-19(14-27-12-6-11-24(2,29)16-27)23(26-28)18-9-10-22(30-3)20(25)13-18/h4-5,7-10,13,15,29H,6,11-12,14,16H2,1-3H3/t24-/m1/s1. The number of nitrogens with zero attached hydrogens (tertiary/aromatic N) is 3. The molecule has 1 fully saturated rings. The molecule has 1 aliphatic rings. The minimum atomic E-state index is -0.684. The number of aryl methyl sites for hydroxylation is 1. The Morgan fingerprint density at radius 3 is 2.73 bits per heavy atom. The highest BCUT2D eigenvalue weighted by Gasteiger charge is 2.29. The van der Waals surface area contributed by atoms with Crippen LogP contribution < -0.4 is 4.74 Å². The summed E-state index contributed by atoms with van der Waals surface area (Å²) in [6, 6.07) is 13.0. The molecule has 6 heteroatoms. The molecule has 1 atom stereocenters. The number of para-hydroxylation sites is 1. The van der Waals surface area contributed by atoms with Crippen molar-refractivity contribution >= 4 is 0 Å². The van der Waals surface area contributed by atoms with E-state index >= 15 is 0 Å². The number of β-amino-alcohol motifs (C(OH)–C–C–N with tert-alkyl or cyclic N) is 1. The maximum atomic E-state index is 14.4. The first-order valence-electron chi connectivity index (χ1n) is 10.3. The number of piperidine rings is 1. The smallest absolute Gasteiger partial charge is 0.165 e. The van der Waals surface area contributed by atoms with Gasteiger partial charge in [-0.1, -0.05) is 18.2 Å². The topological polar surface area (TPSA) is 50.5 Å². The Kier molecular flexibility index (Phi) is 5.62. The average Bonchev–Trinajstić information content (AvgIpc) is 3.11. The monoisotopic (exact) mass is 409 g/mol. The van der Waals surface area contributed by atoms with E-state index in [0.717, 1.165) is 41.9 Å². The van der Waals surface area contributed by atoms with Crippen molar-refractivity contribution in [2.45, 2.75) is 38.8 Å². The van der Waals surface area contributed by atoms with Gasteiger partial charge in [0, 0.05) is 30.4 Å². The van der Waals surface area contributed by atoms with E-state index in [4.69, 9.17) is 9.84 Å². The van der Waals surface area contributed by atoms with E-state index in [0.29, 0.717) is 18.7 Å². The van der Waals surface area contributed by atoms with E-state index in [2.05, 4.69) is 4.90 Å². The Morgan fingerprint density at radius 1 is 1.23 bits per heavy atom.